The predicted molar refractivity (Wildman–Crippen MR) is 129 cm³/mol. The zero-order valence-electron chi connectivity index (χ0n) is 18.3. The van der Waals surface area contributed by atoms with E-state index in [2.05, 4.69) is 73.3 Å². The van der Waals surface area contributed by atoms with Gasteiger partial charge >= 0.3 is 0 Å². The average Bonchev–Trinajstić information content (AvgIpc) is 3.07. The summed E-state index contributed by atoms with van der Waals surface area (Å²) in [5, 5.41) is 6.69. The Kier molecular flexibility index (Phi) is 12.4. The van der Waals surface area contributed by atoms with Crippen LogP contribution in [0.3, 0.4) is 0 Å². The van der Waals surface area contributed by atoms with Gasteiger partial charge in [-0.25, -0.2) is 4.98 Å². The van der Waals surface area contributed by atoms with Crippen molar-refractivity contribution in [3.8, 4) is 0 Å². The van der Waals surface area contributed by atoms with E-state index in [0.717, 1.165) is 31.4 Å². The molecule has 0 fully saturated rings. The molecular weight excluding hydrogens is 465 g/mol. The molecule has 2 N–H and O–H groups in total. The monoisotopic (exact) mass is 503 g/mol. The van der Waals surface area contributed by atoms with E-state index in [1.54, 1.807) is 13.2 Å². The van der Waals surface area contributed by atoms with Gasteiger partial charge in [-0.05, 0) is 5.92 Å². The minimum absolute atomic E-state index is 0. The second kappa shape index (κ2) is 13.0. The molecule has 160 valence electrons. The summed E-state index contributed by atoms with van der Waals surface area (Å²) in [6, 6.07) is 0.341. The zero-order valence-corrected chi connectivity index (χ0v) is 20.6. The summed E-state index contributed by atoms with van der Waals surface area (Å²) in [5.74, 6) is 2.75. The Morgan fingerprint density at radius 2 is 1.86 bits per heavy atom. The zero-order chi connectivity index (χ0) is 20.4. The number of halogens is 1. The molecule has 0 aromatic carbocycles. The summed E-state index contributed by atoms with van der Waals surface area (Å²) >= 11 is 0. The summed E-state index contributed by atoms with van der Waals surface area (Å²) in [6.07, 6.45) is 5.66. The Morgan fingerprint density at radius 3 is 2.29 bits per heavy atom. The molecule has 1 aromatic rings. The van der Waals surface area contributed by atoms with Crippen LogP contribution in [0.1, 0.15) is 46.3 Å². The third-order valence-corrected chi connectivity index (χ3v) is 4.37. The second-order valence-corrected chi connectivity index (χ2v) is 8.02. The molecule has 1 rings (SSSR count). The maximum Gasteiger partial charge on any atom is 0.213 e. The molecule has 0 bridgehead atoms. The van der Waals surface area contributed by atoms with Crippen molar-refractivity contribution in [1.82, 2.24) is 20.5 Å². The van der Waals surface area contributed by atoms with Crippen molar-refractivity contribution in [2.75, 3.05) is 26.7 Å². The standard InChI is InChI=1S/C21H37N5O.HI/c1-9-11-26(12-10-2)17(16(3)4)13-24-20(22-8)25-15-19-23-14-18(27-19)21(5,6)7;/h9-10,14,16-17H,1-2,11-13,15H2,3-8H3,(H2,22,24,25);1H. The summed E-state index contributed by atoms with van der Waals surface area (Å²) < 4.78 is 5.82. The number of aliphatic imine (C=N–C) groups is 1. The minimum atomic E-state index is -0.0462. The molecule has 0 aliphatic carbocycles. The van der Waals surface area contributed by atoms with Gasteiger partial charge in [-0.15, -0.1) is 37.1 Å². The molecule has 0 radical (unpaired) electrons. The Labute approximate surface area is 188 Å². The van der Waals surface area contributed by atoms with Crippen molar-refractivity contribution < 1.29 is 4.42 Å². The summed E-state index contributed by atoms with van der Waals surface area (Å²) in [7, 11) is 1.76. The molecule has 0 spiro atoms. The number of guanidine groups is 1. The first kappa shape index (κ1) is 26.6. The fraction of sp³-hybridized carbons (Fsp3) is 0.619. The smallest absolute Gasteiger partial charge is 0.213 e. The Balaban J connectivity index is 0.00000729. The molecule has 0 saturated heterocycles. The number of oxazole rings is 1. The lowest BCUT2D eigenvalue weighted by Crippen LogP contribution is -2.49. The van der Waals surface area contributed by atoms with E-state index < -0.39 is 0 Å². The first-order chi connectivity index (χ1) is 12.7. The Morgan fingerprint density at radius 1 is 1.25 bits per heavy atom. The lowest BCUT2D eigenvalue weighted by Gasteiger charge is -2.33. The molecule has 7 heteroatoms. The molecule has 0 aliphatic rings. The number of hydrogen-bond donors (Lipinski definition) is 2. The van der Waals surface area contributed by atoms with Crippen molar-refractivity contribution in [3.05, 3.63) is 43.2 Å². The van der Waals surface area contributed by atoms with Crippen molar-refractivity contribution >= 4 is 29.9 Å². The van der Waals surface area contributed by atoms with Crippen molar-refractivity contribution in [2.45, 2.75) is 52.6 Å². The van der Waals surface area contributed by atoms with E-state index in [4.69, 9.17) is 4.42 Å². The van der Waals surface area contributed by atoms with Gasteiger partial charge in [0, 0.05) is 38.1 Å². The van der Waals surface area contributed by atoms with E-state index in [1.807, 2.05) is 12.2 Å². The maximum absolute atomic E-state index is 5.82. The molecular formula is C21H38IN5O. The topological polar surface area (TPSA) is 65.7 Å². The van der Waals surface area contributed by atoms with Gasteiger partial charge in [0.15, 0.2) is 5.96 Å². The van der Waals surface area contributed by atoms with Gasteiger partial charge in [-0.3, -0.25) is 9.89 Å². The highest BCUT2D eigenvalue weighted by Crippen LogP contribution is 2.22. The fourth-order valence-electron chi connectivity index (χ4n) is 2.78. The Bertz CT molecular complexity index is 609. The van der Waals surface area contributed by atoms with Crippen LogP contribution in [0.25, 0.3) is 0 Å². The largest absolute Gasteiger partial charge is 0.443 e. The van der Waals surface area contributed by atoms with Gasteiger partial charge in [0.25, 0.3) is 0 Å². The van der Waals surface area contributed by atoms with Crippen LogP contribution < -0.4 is 10.6 Å². The van der Waals surface area contributed by atoms with Crippen LogP contribution >= 0.6 is 24.0 Å². The maximum atomic E-state index is 5.82. The van der Waals surface area contributed by atoms with Crippen LogP contribution in [0.5, 0.6) is 0 Å². The molecule has 6 nitrogen and oxygen atoms in total. The summed E-state index contributed by atoms with van der Waals surface area (Å²) in [5.41, 5.74) is -0.0462. The van der Waals surface area contributed by atoms with Gasteiger partial charge in [-0.2, -0.15) is 0 Å². The van der Waals surface area contributed by atoms with E-state index in [-0.39, 0.29) is 29.4 Å². The fourth-order valence-corrected chi connectivity index (χ4v) is 2.78. The van der Waals surface area contributed by atoms with E-state index >= 15 is 0 Å². The van der Waals surface area contributed by atoms with E-state index in [9.17, 15) is 0 Å². The highest BCUT2D eigenvalue weighted by Gasteiger charge is 2.21. The highest BCUT2D eigenvalue weighted by atomic mass is 127. The van der Waals surface area contributed by atoms with Gasteiger partial charge in [0.05, 0.1) is 12.7 Å². The van der Waals surface area contributed by atoms with Crippen LogP contribution in [0, 0.1) is 5.92 Å². The molecule has 0 aliphatic heterocycles. The van der Waals surface area contributed by atoms with Gasteiger partial charge in [-0.1, -0.05) is 46.8 Å². The first-order valence-corrected chi connectivity index (χ1v) is 9.58. The minimum Gasteiger partial charge on any atom is -0.443 e. The van der Waals surface area contributed by atoms with Crippen LogP contribution in [-0.4, -0.2) is 48.6 Å². The first-order valence-electron chi connectivity index (χ1n) is 9.58. The van der Waals surface area contributed by atoms with E-state index in [0.29, 0.717) is 24.4 Å². The lowest BCUT2D eigenvalue weighted by atomic mass is 9.94. The molecule has 1 unspecified atom stereocenters. The molecule has 1 atom stereocenters. The SMILES string of the molecule is C=CCN(CC=C)C(CNC(=NC)NCc1ncc(C(C)(C)C)o1)C(C)C.I. The van der Waals surface area contributed by atoms with Gasteiger partial charge in [0.2, 0.25) is 5.89 Å². The Hall–Kier alpha value is -1.35. The van der Waals surface area contributed by atoms with Gasteiger partial charge in [0.1, 0.15) is 5.76 Å². The highest BCUT2D eigenvalue weighted by molar-refractivity contribution is 14.0. The van der Waals surface area contributed by atoms with Crippen LogP contribution in [0.4, 0.5) is 0 Å². The van der Waals surface area contributed by atoms with Gasteiger partial charge < -0.3 is 15.1 Å². The quantitative estimate of drug-likeness (QED) is 0.219. The van der Waals surface area contributed by atoms with Crippen molar-refractivity contribution in [2.24, 2.45) is 10.9 Å². The number of nitrogens with one attached hydrogen (secondary N) is 2. The van der Waals surface area contributed by atoms with E-state index in [1.165, 1.54) is 0 Å². The number of aromatic nitrogens is 1. The third-order valence-electron chi connectivity index (χ3n) is 4.37. The predicted octanol–water partition coefficient (Wildman–Crippen LogP) is 3.95. The molecule has 1 aromatic heterocycles. The van der Waals surface area contributed by atoms with Crippen LogP contribution in [-0.2, 0) is 12.0 Å². The normalized spacial score (nSPS) is 13.2. The number of hydrogen-bond acceptors (Lipinski definition) is 4. The van der Waals surface area contributed by atoms with Crippen molar-refractivity contribution in [3.63, 3.8) is 0 Å². The summed E-state index contributed by atoms with van der Waals surface area (Å²) in [6.45, 7) is 21.4. The molecule has 1 heterocycles. The average molecular weight is 503 g/mol. The number of nitrogens with zero attached hydrogens (tertiary/aromatic N) is 3. The lowest BCUT2D eigenvalue weighted by molar-refractivity contribution is 0.190. The van der Waals surface area contributed by atoms with Crippen LogP contribution in [0.2, 0.25) is 0 Å². The third kappa shape index (κ3) is 8.77. The number of rotatable bonds is 10. The molecule has 0 saturated carbocycles. The molecule has 0 amide bonds. The summed E-state index contributed by atoms with van der Waals surface area (Å²) in [4.78, 5) is 11.0. The van der Waals surface area contributed by atoms with Crippen LogP contribution in [0.15, 0.2) is 40.9 Å². The van der Waals surface area contributed by atoms with Crippen molar-refractivity contribution in [1.29, 1.82) is 0 Å². The molecule has 28 heavy (non-hydrogen) atoms. The second-order valence-electron chi connectivity index (χ2n) is 8.02.